The van der Waals surface area contributed by atoms with E-state index in [0.717, 1.165) is 37.4 Å². The van der Waals surface area contributed by atoms with E-state index in [9.17, 15) is 0 Å². The van der Waals surface area contributed by atoms with Crippen LogP contribution in [0.25, 0.3) is 0 Å². The Morgan fingerprint density at radius 3 is 2.94 bits per heavy atom. The number of rotatable bonds is 3. The molecule has 90 valence electrons. The molecular weight excluding hydrogens is 216 g/mol. The topological polar surface area (TPSA) is 70.8 Å². The fourth-order valence-corrected chi connectivity index (χ4v) is 1.85. The van der Waals surface area contributed by atoms with E-state index in [1.165, 1.54) is 0 Å². The first-order chi connectivity index (χ1) is 8.22. The van der Waals surface area contributed by atoms with E-state index in [1.54, 1.807) is 0 Å². The lowest BCUT2D eigenvalue weighted by Gasteiger charge is -2.12. The molecule has 1 aromatic heterocycles. The quantitative estimate of drug-likeness (QED) is 0.853. The summed E-state index contributed by atoms with van der Waals surface area (Å²) < 4.78 is 5.30. The first-order valence-electron chi connectivity index (χ1n) is 5.78. The van der Waals surface area contributed by atoms with Crippen LogP contribution in [0.2, 0.25) is 0 Å². The van der Waals surface area contributed by atoms with Crippen molar-refractivity contribution in [1.82, 2.24) is 10.2 Å². The largest absolute Gasteiger partial charge is 0.381 e. The molecule has 0 bridgehead atoms. The van der Waals surface area contributed by atoms with Crippen LogP contribution in [0.5, 0.6) is 0 Å². The number of nitrogens with one attached hydrogen (secondary N) is 1. The molecule has 1 saturated heterocycles. The lowest BCUT2D eigenvalue weighted by molar-refractivity contribution is 0.187. The number of nitrogens with zero attached hydrogens (tertiary/aromatic N) is 3. The maximum absolute atomic E-state index is 9.13. The van der Waals surface area contributed by atoms with Crippen molar-refractivity contribution in [3.05, 3.63) is 16.8 Å². The summed E-state index contributed by atoms with van der Waals surface area (Å²) >= 11 is 0. The maximum atomic E-state index is 9.13. The van der Waals surface area contributed by atoms with E-state index in [1.807, 2.05) is 13.8 Å². The minimum absolute atomic E-state index is 0.505. The Kier molecular flexibility index (Phi) is 3.55. The van der Waals surface area contributed by atoms with Crippen molar-refractivity contribution in [3.8, 4) is 6.07 Å². The number of nitriles is 1. The molecule has 0 radical (unpaired) electrons. The van der Waals surface area contributed by atoms with E-state index in [0.29, 0.717) is 17.3 Å². The SMILES string of the molecule is Cc1nnc(NCC2CCOC2)c(C#N)c1C. The Bertz CT molecular complexity index is 447. The minimum atomic E-state index is 0.505. The summed E-state index contributed by atoms with van der Waals surface area (Å²) in [5.41, 5.74) is 2.29. The van der Waals surface area contributed by atoms with Crippen molar-refractivity contribution in [2.24, 2.45) is 5.92 Å². The first kappa shape index (κ1) is 11.8. The molecule has 0 aromatic carbocycles. The molecule has 0 spiro atoms. The fraction of sp³-hybridized carbons (Fsp3) is 0.583. The third-order valence-corrected chi connectivity index (χ3v) is 3.15. The second-order valence-electron chi connectivity index (χ2n) is 4.36. The van der Waals surface area contributed by atoms with Gasteiger partial charge in [0.1, 0.15) is 11.6 Å². The molecule has 2 heterocycles. The van der Waals surface area contributed by atoms with E-state index in [2.05, 4.69) is 21.6 Å². The van der Waals surface area contributed by atoms with Gasteiger partial charge in [0.2, 0.25) is 0 Å². The van der Waals surface area contributed by atoms with Crippen molar-refractivity contribution < 1.29 is 4.74 Å². The van der Waals surface area contributed by atoms with Gasteiger partial charge < -0.3 is 10.1 Å². The molecule has 5 heteroatoms. The molecule has 1 aromatic rings. The van der Waals surface area contributed by atoms with Gasteiger partial charge in [0.15, 0.2) is 5.82 Å². The second kappa shape index (κ2) is 5.11. The average Bonchev–Trinajstić information content (AvgIpc) is 2.83. The number of hydrogen-bond donors (Lipinski definition) is 1. The van der Waals surface area contributed by atoms with Gasteiger partial charge in [-0.25, -0.2) is 0 Å². The summed E-state index contributed by atoms with van der Waals surface area (Å²) in [6.07, 6.45) is 1.06. The van der Waals surface area contributed by atoms with Crippen LogP contribution in [0.1, 0.15) is 23.2 Å². The van der Waals surface area contributed by atoms with Crippen LogP contribution >= 0.6 is 0 Å². The third kappa shape index (κ3) is 2.53. The van der Waals surface area contributed by atoms with Gasteiger partial charge in [-0.1, -0.05) is 0 Å². The molecule has 2 rings (SSSR count). The smallest absolute Gasteiger partial charge is 0.166 e. The normalized spacial score (nSPS) is 19.0. The van der Waals surface area contributed by atoms with Crippen LogP contribution in [0.3, 0.4) is 0 Å². The van der Waals surface area contributed by atoms with Crippen molar-refractivity contribution in [3.63, 3.8) is 0 Å². The highest BCUT2D eigenvalue weighted by Gasteiger charge is 2.17. The molecule has 1 aliphatic heterocycles. The molecule has 5 nitrogen and oxygen atoms in total. The highest BCUT2D eigenvalue weighted by atomic mass is 16.5. The highest BCUT2D eigenvalue weighted by Crippen LogP contribution is 2.19. The highest BCUT2D eigenvalue weighted by molar-refractivity contribution is 5.55. The molecule has 1 atom stereocenters. The Morgan fingerprint density at radius 1 is 1.47 bits per heavy atom. The number of ether oxygens (including phenoxy) is 1. The lowest BCUT2D eigenvalue weighted by atomic mass is 10.1. The Labute approximate surface area is 101 Å². The molecule has 1 unspecified atom stereocenters. The van der Waals surface area contributed by atoms with Gasteiger partial charge in [-0.2, -0.15) is 10.4 Å². The third-order valence-electron chi connectivity index (χ3n) is 3.15. The zero-order valence-corrected chi connectivity index (χ0v) is 10.2. The molecule has 0 aliphatic carbocycles. The Hall–Kier alpha value is -1.67. The molecule has 0 saturated carbocycles. The average molecular weight is 232 g/mol. The summed E-state index contributed by atoms with van der Waals surface area (Å²) in [5, 5.41) is 20.4. The van der Waals surface area contributed by atoms with Crippen LogP contribution in [0.15, 0.2) is 0 Å². The van der Waals surface area contributed by atoms with E-state index in [-0.39, 0.29) is 0 Å². The lowest BCUT2D eigenvalue weighted by Crippen LogP contribution is -2.16. The standard InChI is InChI=1S/C12H16N4O/c1-8-9(2)15-16-12(11(8)5-13)14-6-10-3-4-17-7-10/h10H,3-4,6-7H2,1-2H3,(H,14,16). The molecular formula is C12H16N4O. The molecule has 17 heavy (non-hydrogen) atoms. The number of aromatic nitrogens is 2. The van der Waals surface area contributed by atoms with Crippen LogP contribution in [-0.4, -0.2) is 30.0 Å². The van der Waals surface area contributed by atoms with Crippen molar-refractivity contribution >= 4 is 5.82 Å². The van der Waals surface area contributed by atoms with Gasteiger partial charge in [-0.15, -0.1) is 5.10 Å². The van der Waals surface area contributed by atoms with E-state index in [4.69, 9.17) is 10.00 Å². The zero-order valence-electron chi connectivity index (χ0n) is 10.2. The minimum Gasteiger partial charge on any atom is -0.381 e. The van der Waals surface area contributed by atoms with Crippen LogP contribution in [0, 0.1) is 31.1 Å². The molecule has 0 amide bonds. The van der Waals surface area contributed by atoms with Gasteiger partial charge in [0.25, 0.3) is 0 Å². The van der Waals surface area contributed by atoms with E-state index >= 15 is 0 Å². The molecule has 1 fully saturated rings. The van der Waals surface area contributed by atoms with Gasteiger partial charge in [0.05, 0.1) is 12.3 Å². The zero-order chi connectivity index (χ0) is 12.3. The monoisotopic (exact) mass is 232 g/mol. The number of aryl methyl sites for hydroxylation is 1. The summed E-state index contributed by atoms with van der Waals surface area (Å²) in [4.78, 5) is 0. The van der Waals surface area contributed by atoms with Gasteiger partial charge in [-0.3, -0.25) is 0 Å². The van der Waals surface area contributed by atoms with Gasteiger partial charge in [-0.05, 0) is 25.8 Å². The predicted octanol–water partition coefficient (Wildman–Crippen LogP) is 1.41. The molecule has 1 aliphatic rings. The fourth-order valence-electron chi connectivity index (χ4n) is 1.85. The van der Waals surface area contributed by atoms with Gasteiger partial charge in [0, 0.05) is 19.1 Å². The van der Waals surface area contributed by atoms with Crippen LogP contribution < -0.4 is 5.32 Å². The van der Waals surface area contributed by atoms with E-state index < -0.39 is 0 Å². The first-order valence-corrected chi connectivity index (χ1v) is 5.78. The van der Waals surface area contributed by atoms with Gasteiger partial charge >= 0.3 is 0 Å². The summed E-state index contributed by atoms with van der Waals surface area (Å²) in [6, 6.07) is 2.18. The Balaban J connectivity index is 2.10. The number of anilines is 1. The summed E-state index contributed by atoms with van der Waals surface area (Å²) in [6.45, 7) is 6.15. The maximum Gasteiger partial charge on any atom is 0.166 e. The predicted molar refractivity (Wildman–Crippen MR) is 63.6 cm³/mol. The van der Waals surface area contributed by atoms with Crippen LogP contribution in [0.4, 0.5) is 5.82 Å². The molecule has 1 N–H and O–H groups in total. The number of hydrogen-bond acceptors (Lipinski definition) is 5. The van der Waals surface area contributed by atoms with Crippen molar-refractivity contribution in [2.45, 2.75) is 20.3 Å². The van der Waals surface area contributed by atoms with Crippen LogP contribution in [-0.2, 0) is 4.74 Å². The summed E-state index contributed by atoms with van der Waals surface area (Å²) in [7, 11) is 0. The summed E-state index contributed by atoms with van der Waals surface area (Å²) in [5.74, 6) is 1.09. The Morgan fingerprint density at radius 2 is 2.29 bits per heavy atom. The second-order valence-corrected chi connectivity index (χ2v) is 4.36. The van der Waals surface area contributed by atoms with Crippen molar-refractivity contribution in [1.29, 1.82) is 5.26 Å². The van der Waals surface area contributed by atoms with Crippen molar-refractivity contribution in [2.75, 3.05) is 25.1 Å².